The zero-order valence-corrected chi connectivity index (χ0v) is 17.7. The van der Waals surface area contributed by atoms with Crippen molar-refractivity contribution in [1.82, 2.24) is 0 Å². The van der Waals surface area contributed by atoms with Crippen molar-refractivity contribution in [2.24, 2.45) is 0 Å². The molecule has 0 radical (unpaired) electrons. The minimum Gasteiger partial charge on any atom is -0.496 e. The molecule has 1 heterocycles. The van der Waals surface area contributed by atoms with Gasteiger partial charge in [-0.2, -0.15) is 0 Å². The van der Waals surface area contributed by atoms with Gasteiger partial charge in [0.05, 0.1) is 22.6 Å². The van der Waals surface area contributed by atoms with E-state index in [1.165, 1.54) is 53.9 Å². The van der Waals surface area contributed by atoms with Gasteiger partial charge in [0.1, 0.15) is 17.1 Å². The number of nitro groups is 1. The van der Waals surface area contributed by atoms with E-state index in [-0.39, 0.29) is 27.6 Å². The predicted octanol–water partition coefficient (Wildman–Crippen LogP) is 3.57. The van der Waals surface area contributed by atoms with E-state index in [1.54, 1.807) is 12.1 Å². The van der Waals surface area contributed by atoms with Crippen LogP contribution in [0.2, 0.25) is 0 Å². The van der Waals surface area contributed by atoms with Gasteiger partial charge in [-0.3, -0.25) is 14.4 Å². The van der Waals surface area contributed by atoms with Crippen molar-refractivity contribution in [2.45, 2.75) is 11.3 Å². The van der Waals surface area contributed by atoms with E-state index in [1.807, 2.05) is 12.1 Å². The molecule has 0 amide bonds. The van der Waals surface area contributed by atoms with Crippen LogP contribution in [-0.4, -0.2) is 33.0 Å². The van der Waals surface area contributed by atoms with Gasteiger partial charge < -0.3 is 9.47 Å². The summed E-state index contributed by atoms with van der Waals surface area (Å²) < 4.78 is 38.4. The number of carbonyl (C=O) groups excluding carboxylic acids is 1. The molecule has 0 fully saturated rings. The predicted molar refractivity (Wildman–Crippen MR) is 116 cm³/mol. The van der Waals surface area contributed by atoms with Gasteiger partial charge in [0.2, 0.25) is 0 Å². The number of non-ortho nitro benzene ring substituents is 1. The van der Waals surface area contributed by atoms with Gasteiger partial charge in [0.15, 0.2) is 0 Å². The van der Waals surface area contributed by atoms with Crippen LogP contribution in [0.1, 0.15) is 15.9 Å². The zero-order chi connectivity index (χ0) is 22.9. The number of para-hydroxylation sites is 1. The highest BCUT2D eigenvalue weighted by Crippen LogP contribution is 2.34. The van der Waals surface area contributed by atoms with Crippen LogP contribution in [0, 0.1) is 10.1 Å². The number of benzene rings is 3. The number of sulfonamides is 1. The highest BCUT2D eigenvalue weighted by Gasteiger charge is 2.32. The van der Waals surface area contributed by atoms with Crippen molar-refractivity contribution >= 4 is 27.4 Å². The zero-order valence-electron chi connectivity index (χ0n) is 16.9. The minimum atomic E-state index is -3.93. The minimum absolute atomic E-state index is 0.0735. The average molecular weight is 454 g/mol. The number of rotatable bonds is 6. The molecular weight excluding hydrogens is 436 g/mol. The summed E-state index contributed by atoms with van der Waals surface area (Å²) in [5, 5.41) is 10.8. The Hall–Kier alpha value is -3.92. The summed E-state index contributed by atoms with van der Waals surface area (Å²) >= 11 is 0. The summed E-state index contributed by atoms with van der Waals surface area (Å²) in [5.74, 6) is -0.642. The second-order valence-corrected chi connectivity index (χ2v) is 8.82. The van der Waals surface area contributed by atoms with E-state index >= 15 is 0 Å². The maximum Gasteiger partial charge on any atom is 0.347 e. The molecule has 0 bridgehead atoms. The van der Waals surface area contributed by atoms with Crippen LogP contribution < -0.4 is 13.8 Å². The van der Waals surface area contributed by atoms with Gasteiger partial charge in [-0.1, -0.05) is 18.2 Å². The molecule has 3 aromatic rings. The summed E-state index contributed by atoms with van der Waals surface area (Å²) in [6.07, 6.45) is 0.598. The van der Waals surface area contributed by atoms with E-state index in [4.69, 9.17) is 9.47 Å². The smallest absolute Gasteiger partial charge is 0.347 e. The Morgan fingerprint density at radius 3 is 2.47 bits per heavy atom. The SMILES string of the molecule is COc1ccc(S(=O)(=O)N2CCc3ccccc32)cc1C(=O)Oc1ccc([N+](=O)[O-])cc1. The highest BCUT2D eigenvalue weighted by molar-refractivity contribution is 7.92. The number of nitro benzene ring substituents is 1. The Morgan fingerprint density at radius 2 is 1.78 bits per heavy atom. The second-order valence-electron chi connectivity index (χ2n) is 6.96. The average Bonchev–Trinajstić information content (AvgIpc) is 3.24. The number of carbonyl (C=O) groups is 1. The summed E-state index contributed by atoms with van der Waals surface area (Å²) in [6, 6.07) is 16.2. The van der Waals surface area contributed by atoms with E-state index < -0.39 is 20.9 Å². The number of methoxy groups -OCH3 is 1. The molecule has 0 unspecified atom stereocenters. The third kappa shape index (κ3) is 3.87. The molecule has 10 heteroatoms. The fourth-order valence-corrected chi connectivity index (χ4v) is 5.02. The lowest BCUT2D eigenvalue weighted by Crippen LogP contribution is -2.29. The molecule has 4 rings (SSSR count). The quantitative estimate of drug-likeness (QED) is 0.242. The van der Waals surface area contributed by atoms with Gasteiger partial charge in [-0.25, -0.2) is 13.2 Å². The Kier molecular flexibility index (Phi) is 5.54. The lowest BCUT2D eigenvalue weighted by atomic mass is 10.2. The maximum absolute atomic E-state index is 13.3. The number of ether oxygens (including phenoxy) is 2. The molecule has 164 valence electrons. The Labute approximate surface area is 184 Å². The first-order valence-corrected chi connectivity index (χ1v) is 11.0. The number of fused-ring (bicyclic) bond motifs is 1. The van der Waals surface area contributed by atoms with Crippen molar-refractivity contribution in [3.8, 4) is 11.5 Å². The molecule has 0 aromatic heterocycles. The first-order valence-electron chi connectivity index (χ1n) is 9.56. The van der Waals surface area contributed by atoms with Gasteiger partial charge >= 0.3 is 5.97 Å². The first kappa shape index (κ1) is 21.3. The number of nitrogens with zero attached hydrogens (tertiary/aromatic N) is 2. The monoisotopic (exact) mass is 454 g/mol. The summed E-state index contributed by atoms with van der Waals surface area (Å²) in [5.41, 5.74) is 1.31. The van der Waals surface area contributed by atoms with Gasteiger partial charge in [0.25, 0.3) is 15.7 Å². The lowest BCUT2D eigenvalue weighted by Gasteiger charge is -2.20. The van der Waals surface area contributed by atoms with Crippen molar-refractivity contribution in [3.63, 3.8) is 0 Å². The van der Waals surface area contributed by atoms with Crippen LogP contribution in [0.3, 0.4) is 0 Å². The molecule has 3 aromatic carbocycles. The molecule has 0 N–H and O–H groups in total. The Balaban J connectivity index is 1.65. The van der Waals surface area contributed by atoms with Crippen LogP contribution >= 0.6 is 0 Å². The fraction of sp³-hybridized carbons (Fsp3) is 0.136. The normalized spacial score (nSPS) is 12.8. The molecule has 0 atom stereocenters. The number of esters is 1. The molecule has 0 saturated heterocycles. The first-order chi connectivity index (χ1) is 15.3. The maximum atomic E-state index is 13.3. The summed E-state index contributed by atoms with van der Waals surface area (Å²) in [4.78, 5) is 22.9. The van der Waals surface area contributed by atoms with Gasteiger partial charge in [0, 0.05) is 18.7 Å². The summed E-state index contributed by atoms with van der Waals surface area (Å²) in [7, 11) is -2.58. The van der Waals surface area contributed by atoms with Gasteiger partial charge in [-0.05, 0) is 48.4 Å². The highest BCUT2D eigenvalue weighted by atomic mass is 32.2. The van der Waals surface area contributed by atoms with E-state index in [9.17, 15) is 23.3 Å². The topological polar surface area (TPSA) is 116 Å². The molecular formula is C22H18N2O7S. The number of hydrogen-bond acceptors (Lipinski definition) is 7. The second kappa shape index (κ2) is 8.31. The number of hydrogen-bond donors (Lipinski definition) is 0. The van der Waals surface area contributed by atoms with Crippen LogP contribution in [-0.2, 0) is 16.4 Å². The molecule has 1 aliphatic heterocycles. The Morgan fingerprint density at radius 1 is 1.06 bits per heavy atom. The number of anilines is 1. The van der Waals surface area contributed by atoms with Crippen molar-refractivity contribution < 1.29 is 27.6 Å². The standard InChI is InChI=1S/C22H18N2O7S/c1-30-21-11-10-18(32(28,29)23-13-12-15-4-2-3-5-20(15)23)14-19(21)22(25)31-17-8-6-16(7-9-17)24(26)27/h2-11,14H,12-13H2,1H3. The van der Waals surface area contributed by atoms with E-state index in [2.05, 4.69) is 0 Å². The van der Waals surface area contributed by atoms with Crippen LogP contribution in [0.5, 0.6) is 11.5 Å². The summed E-state index contributed by atoms with van der Waals surface area (Å²) in [6.45, 7) is 0.302. The Bertz CT molecular complexity index is 1300. The van der Waals surface area contributed by atoms with Crippen molar-refractivity contribution in [2.75, 3.05) is 18.0 Å². The van der Waals surface area contributed by atoms with Crippen molar-refractivity contribution in [3.05, 3.63) is 88.0 Å². The van der Waals surface area contributed by atoms with Crippen LogP contribution in [0.25, 0.3) is 0 Å². The largest absolute Gasteiger partial charge is 0.496 e. The molecule has 0 saturated carbocycles. The van der Waals surface area contributed by atoms with Crippen molar-refractivity contribution in [1.29, 1.82) is 0 Å². The van der Waals surface area contributed by atoms with Crippen LogP contribution in [0.15, 0.2) is 71.6 Å². The molecule has 32 heavy (non-hydrogen) atoms. The van der Waals surface area contributed by atoms with E-state index in [0.29, 0.717) is 18.7 Å². The molecule has 0 spiro atoms. The van der Waals surface area contributed by atoms with Crippen LogP contribution in [0.4, 0.5) is 11.4 Å². The molecule has 1 aliphatic rings. The third-order valence-corrected chi connectivity index (χ3v) is 6.89. The molecule has 9 nitrogen and oxygen atoms in total. The van der Waals surface area contributed by atoms with E-state index in [0.717, 1.165) is 5.56 Å². The fourth-order valence-electron chi connectivity index (χ4n) is 3.49. The lowest BCUT2D eigenvalue weighted by molar-refractivity contribution is -0.384. The third-order valence-electron chi connectivity index (χ3n) is 5.08. The van der Waals surface area contributed by atoms with Gasteiger partial charge in [-0.15, -0.1) is 0 Å². The molecule has 0 aliphatic carbocycles.